The Morgan fingerprint density at radius 3 is 2.95 bits per heavy atom. The highest BCUT2D eigenvalue weighted by molar-refractivity contribution is 5.55. The fourth-order valence-corrected chi connectivity index (χ4v) is 2.39. The second-order valence-corrected chi connectivity index (χ2v) is 5.41. The van der Waals surface area contributed by atoms with Gasteiger partial charge in [0.25, 0.3) is 0 Å². The Balaban J connectivity index is 2.21. The van der Waals surface area contributed by atoms with Crippen LogP contribution in [0.3, 0.4) is 0 Å². The van der Waals surface area contributed by atoms with Gasteiger partial charge in [-0.05, 0) is 18.6 Å². The van der Waals surface area contributed by atoms with Crippen molar-refractivity contribution in [2.75, 3.05) is 24.6 Å². The van der Waals surface area contributed by atoms with E-state index in [9.17, 15) is 4.39 Å². The van der Waals surface area contributed by atoms with E-state index in [4.69, 9.17) is 4.74 Å². The van der Waals surface area contributed by atoms with Crippen LogP contribution >= 0.6 is 0 Å². The van der Waals surface area contributed by atoms with Gasteiger partial charge in [-0.25, -0.2) is 4.39 Å². The number of hydrogen-bond acceptors (Lipinski definition) is 3. The number of anilines is 1. The summed E-state index contributed by atoms with van der Waals surface area (Å²) in [5.41, 5.74) is 1.74. The SMILES string of the molecule is CC(C)NCc1cccc(F)c1N1CCOC(C)C1. The minimum atomic E-state index is -0.142. The average molecular weight is 266 g/mol. The molecule has 0 radical (unpaired) electrons. The molecule has 1 heterocycles. The van der Waals surface area contributed by atoms with Crippen LogP contribution < -0.4 is 10.2 Å². The van der Waals surface area contributed by atoms with Crippen LogP contribution in [0.2, 0.25) is 0 Å². The van der Waals surface area contributed by atoms with E-state index in [2.05, 4.69) is 24.1 Å². The molecule has 0 saturated carbocycles. The summed E-state index contributed by atoms with van der Waals surface area (Å²) in [6.45, 7) is 9.06. The largest absolute Gasteiger partial charge is 0.375 e. The van der Waals surface area contributed by atoms with E-state index >= 15 is 0 Å². The van der Waals surface area contributed by atoms with Crippen molar-refractivity contribution < 1.29 is 9.13 Å². The molecule has 1 aromatic rings. The number of ether oxygens (including phenoxy) is 1. The third kappa shape index (κ3) is 3.67. The maximum Gasteiger partial charge on any atom is 0.146 e. The summed E-state index contributed by atoms with van der Waals surface area (Å²) in [6.07, 6.45) is 0.152. The van der Waals surface area contributed by atoms with Gasteiger partial charge in [0, 0.05) is 25.7 Å². The highest BCUT2D eigenvalue weighted by Crippen LogP contribution is 2.26. The van der Waals surface area contributed by atoms with Crippen molar-refractivity contribution in [3.8, 4) is 0 Å². The number of morpholine rings is 1. The lowest BCUT2D eigenvalue weighted by Crippen LogP contribution is -2.42. The zero-order valence-corrected chi connectivity index (χ0v) is 11.9. The molecule has 19 heavy (non-hydrogen) atoms. The normalized spacial score (nSPS) is 20.1. The van der Waals surface area contributed by atoms with Crippen LogP contribution in [-0.2, 0) is 11.3 Å². The van der Waals surface area contributed by atoms with Gasteiger partial charge in [-0.3, -0.25) is 0 Å². The molecule has 1 N–H and O–H groups in total. The van der Waals surface area contributed by atoms with Gasteiger partial charge in [0.2, 0.25) is 0 Å². The molecule has 0 spiro atoms. The lowest BCUT2D eigenvalue weighted by Gasteiger charge is -2.34. The first-order valence-electron chi connectivity index (χ1n) is 6.95. The molecule has 0 bridgehead atoms. The van der Waals surface area contributed by atoms with E-state index < -0.39 is 0 Å². The topological polar surface area (TPSA) is 24.5 Å². The molecule has 1 aromatic carbocycles. The van der Waals surface area contributed by atoms with Crippen LogP contribution in [0.1, 0.15) is 26.3 Å². The second-order valence-electron chi connectivity index (χ2n) is 5.41. The van der Waals surface area contributed by atoms with Crippen LogP contribution in [0.15, 0.2) is 18.2 Å². The van der Waals surface area contributed by atoms with E-state index in [1.807, 2.05) is 13.0 Å². The smallest absolute Gasteiger partial charge is 0.146 e. The molecule has 1 fully saturated rings. The van der Waals surface area contributed by atoms with E-state index in [0.717, 1.165) is 24.3 Å². The highest BCUT2D eigenvalue weighted by atomic mass is 19.1. The first kappa shape index (κ1) is 14.3. The molecule has 106 valence electrons. The molecule has 1 unspecified atom stereocenters. The molecule has 4 heteroatoms. The molecule has 0 aromatic heterocycles. The Kier molecular flexibility index (Phi) is 4.77. The second kappa shape index (κ2) is 6.35. The lowest BCUT2D eigenvalue weighted by atomic mass is 10.1. The van der Waals surface area contributed by atoms with Crippen LogP contribution in [0.5, 0.6) is 0 Å². The molecule has 1 aliphatic rings. The maximum atomic E-state index is 14.2. The fourth-order valence-electron chi connectivity index (χ4n) is 2.39. The van der Waals surface area contributed by atoms with Crippen molar-refractivity contribution in [1.29, 1.82) is 0 Å². The summed E-state index contributed by atoms with van der Waals surface area (Å²) < 4.78 is 19.7. The van der Waals surface area contributed by atoms with Crippen LogP contribution in [0.25, 0.3) is 0 Å². The Bertz CT molecular complexity index is 423. The highest BCUT2D eigenvalue weighted by Gasteiger charge is 2.22. The third-order valence-corrected chi connectivity index (χ3v) is 3.33. The molecular formula is C15H23FN2O. The Hall–Kier alpha value is -1.13. The first-order chi connectivity index (χ1) is 9.08. The molecule has 2 rings (SSSR count). The summed E-state index contributed by atoms with van der Waals surface area (Å²) in [7, 11) is 0. The number of rotatable bonds is 4. The predicted molar refractivity (Wildman–Crippen MR) is 76.0 cm³/mol. The summed E-state index contributed by atoms with van der Waals surface area (Å²) in [5.74, 6) is -0.142. The number of nitrogens with zero attached hydrogens (tertiary/aromatic N) is 1. The quantitative estimate of drug-likeness (QED) is 0.906. The molecule has 3 nitrogen and oxygen atoms in total. The van der Waals surface area contributed by atoms with Gasteiger partial charge in [0.15, 0.2) is 0 Å². The summed E-state index contributed by atoms with van der Waals surface area (Å²) in [6, 6.07) is 5.70. The molecule has 0 amide bonds. The third-order valence-electron chi connectivity index (χ3n) is 3.33. The van der Waals surface area contributed by atoms with Gasteiger partial charge in [-0.2, -0.15) is 0 Å². The molecule has 0 aliphatic carbocycles. The van der Waals surface area contributed by atoms with Gasteiger partial charge in [-0.15, -0.1) is 0 Å². The van der Waals surface area contributed by atoms with Crippen molar-refractivity contribution in [1.82, 2.24) is 5.32 Å². The predicted octanol–water partition coefficient (Wildman–Crippen LogP) is 2.55. The molecule has 1 aliphatic heterocycles. The van der Waals surface area contributed by atoms with Gasteiger partial charge >= 0.3 is 0 Å². The summed E-state index contributed by atoms with van der Waals surface area (Å²) in [4.78, 5) is 2.10. The average Bonchev–Trinajstić information content (AvgIpc) is 2.36. The van der Waals surface area contributed by atoms with Gasteiger partial charge in [0.05, 0.1) is 18.4 Å². The van der Waals surface area contributed by atoms with Crippen LogP contribution in [0.4, 0.5) is 10.1 Å². The van der Waals surface area contributed by atoms with E-state index in [1.54, 1.807) is 6.07 Å². The fraction of sp³-hybridized carbons (Fsp3) is 0.600. The minimum Gasteiger partial charge on any atom is -0.375 e. The number of nitrogens with one attached hydrogen (secondary N) is 1. The van der Waals surface area contributed by atoms with Crippen LogP contribution in [-0.4, -0.2) is 31.8 Å². The van der Waals surface area contributed by atoms with Crippen molar-refractivity contribution in [2.45, 2.75) is 39.5 Å². The molecule has 1 atom stereocenters. The minimum absolute atomic E-state index is 0.142. The number of para-hydroxylation sites is 1. The van der Waals surface area contributed by atoms with Gasteiger partial charge in [0.1, 0.15) is 5.82 Å². The Morgan fingerprint density at radius 2 is 2.26 bits per heavy atom. The van der Waals surface area contributed by atoms with Crippen molar-refractivity contribution in [3.05, 3.63) is 29.6 Å². The Morgan fingerprint density at radius 1 is 1.47 bits per heavy atom. The van der Waals surface area contributed by atoms with E-state index in [0.29, 0.717) is 19.2 Å². The standard InChI is InChI=1S/C15H23FN2O/c1-11(2)17-9-13-5-4-6-14(16)15(13)18-7-8-19-12(3)10-18/h4-6,11-12,17H,7-10H2,1-3H3. The molecule has 1 saturated heterocycles. The summed E-state index contributed by atoms with van der Waals surface area (Å²) >= 11 is 0. The van der Waals surface area contributed by atoms with Crippen molar-refractivity contribution in [3.63, 3.8) is 0 Å². The van der Waals surface area contributed by atoms with Crippen LogP contribution in [0, 0.1) is 5.82 Å². The van der Waals surface area contributed by atoms with Gasteiger partial charge in [-0.1, -0.05) is 26.0 Å². The number of hydrogen-bond donors (Lipinski definition) is 1. The number of halogens is 1. The monoisotopic (exact) mass is 266 g/mol. The molecular weight excluding hydrogens is 243 g/mol. The van der Waals surface area contributed by atoms with Gasteiger partial charge < -0.3 is 15.0 Å². The zero-order valence-electron chi connectivity index (χ0n) is 11.9. The number of benzene rings is 1. The Labute approximate surface area is 114 Å². The maximum absolute atomic E-state index is 14.2. The van der Waals surface area contributed by atoms with Crippen molar-refractivity contribution >= 4 is 5.69 Å². The lowest BCUT2D eigenvalue weighted by molar-refractivity contribution is 0.0529. The van der Waals surface area contributed by atoms with Crippen molar-refractivity contribution in [2.24, 2.45) is 0 Å². The zero-order chi connectivity index (χ0) is 13.8. The van der Waals surface area contributed by atoms with E-state index in [1.165, 1.54) is 6.07 Å². The summed E-state index contributed by atoms with van der Waals surface area (Å²) in [5, 5.41) is 3.36. The first-order valence-corrected chi connectivity index (χ1v) is 6.95. The van der Waals surface area contributed by atoms with E-state index in [-0.39, 0.29) is 11.9 Å².